The number of fused-ring (bicyclic) bond motifs is 1. The highest BCUT2D eigenvalue weighted by Gasteiger charge is 2.30. The molecule has 0 aliphatic carbocycles. The molecule has 0 atom stereocenters. The Kier molecular flexibility index (Phi) is 5.40. The van der Waals surface area contributed by atoms with Crippen molar-refractivity contribution >= 4 is 28.4 Å². The third kappa shape index (κ3) is 4.53. The summed E-state index contributed by atoms with van der Waals surface area (Å²) in [5, 5.41) is 9.49. The quantitative estimate of drug-likeness (QED) is 0.420. The molecule has 10 heteroatoms. The number of carbonyl (C=O) groups is 1. The Labute approximate surface area is 177 Å². The lowest BCUT2D eigenvalue weighted by Gasteiger charge is -2.06. The highest BCUT2D eigenvalue weighted by molar-refractivity contribution is 7.15. The van der Waals surface area contributed by atoms with Gasteiger partial charge in [-0.15, -0.1) is 11.3 Å². The summed E-state index contributed by atoms with van der Waals surface area (Å²) < 4.78 is 49.6. The van der Waals surface area contributed by atoms with E-state index in [1.807, 2.05) is 0 Å². The molecule has 2 aromatic carbocycles. The number of halogens is 3. The van der Waals surface area contributed by atoms with E-state index in [9.17, 15) is 18.0 Å². The number of para-hydroxylation sites is 1. The topological polar surface area (TPSA) is 85.5 Å². The molecule has 0 spiro atoms. The number of hydrogen-bond donors (Lipinski definition) is 1. The second-order valence-electron chi connectivity index (χ2n) is 6.67. The van der Waals surface area contributed by atoms with Crippen molar-refractivity contribution in [1.82, 2.24) is 9.97 Å². The number of thiazole rings is 1. The lowest BCUT2D eigenvalue weighted by molar-refractivity contribution is -0.138. The molecule has 0 fully saturated rings. The van der Waals surface area contributed by atoms with Gasteiger partial charge in [0.25, 0.3) is 0 Å². The minimum absolute atomic E-state index is 0.0807. The fraction of sp³-hybridized carbons (Fsp3) is 0.190. The van der Waals surface area contributed by atoms with E-state index < -0.39 is 17.7 Å². The normalized spacial score (nSPS) is 11.7. The Hall–Kier alpha value is -3.40. The van der Waals surface area contributed by atoms with Crippen LogP contribution in [0.5, 0.6) is 5.75 Å². The zero-order valence-electron chi connectivity index (χ0n) is 16.1. The number of carboxylic acid groups (broad SMARTS) is 1. The first kappa shape index (κ1) is 20.9. The van der Waals surface area contributed by atoms with Gasteiger partial charge in [0.2, 0.25) is 5.89 Å². The highest BCUT2D eigenvalue weighted by Crippen LogP contribution is 2.34. The van der Waals surface area contributed by atoms with E-state index in [1.54, 1.807) is 25.1 Å². The molecule has 6 nitrogen and oxygen atoms in total. The third-order valence-corrected chi connectivity index (χ3v) is 5.62. The average Bonchev–Trinajstić information content (AvgIpc) is 3.28. The summed E-state index contributed by atoms with van der Waals surface area (Å²) in [6, 6.07) is 9.94. The van der Waals surface area contributed by atoms with Gasteiger partial charge >= 0.3 is 12.1 Å². The van der Waals surface area contributed by atoms with Gasteiger partial charge in [-0.1, -0.05) is 18.2 Å². The van der Waals surface area contributed by atoms with Gasteiger partial charge < -0.3 is 14.3 Å². The molecule has 31 heavy (non-hydrogen) atoms. The SMILES string of the molecule is Cc1nc(-c2ccc(C(F)(F)F)cc2)sc1COc1cccc2nc(CC(=O)O)oc12. The predicted octanol–water partition coefficient (Wildman–Crippen LogP) is 5.48. The second-order valence-corrected chi connectivity index (χ2v) is 7.76. The Morgan fingerprint density at radius 3 is 2.58 bits per heavy atom. The van der Waals surface area contributed by atoms with E-state index in [-0.39, 0.29) is 18.9 Å². The van der Waals surface area contributed by atoms with Crippen LogP contribution in [-0.4, -0.2) is 21.0 Å². The van der Waals surface area contributed by atoms with E-state index in [0.29, 0.717) is 33.1 Å². The maximum atomic E-state index is 12.8. The Morgan fingerprint density at radius 2 is 1.90 bits per heavy atom. The van der Waals surface area contributed by atoms with Crippen LogP contribution in [0.4, 0.5) is 13.2 Å². The summed E-state index contributed by atoms with van der Waals surface area (Å²) in [5.41, 5.74) is 1.42. The summed E-state index contributed by atoms with van der Waals surface area (Å²) in [6.07, 6.45) is -4.72. The first-order valence-electron chi connectivity index (χ1n) is 9.07. The number of rotatable bonds is 6. The van der Waals surface area contributed by atoms with Crippen LogP contribution >= 0.6 is 11.3 Å². The van der Waals surface area contributed by atoms with E-state index in [2.05, 4.69) is 9.97 Å². The van der Waals surface area contributed by atoms with E-state index in [0.717, 1.165) is 17.0 Å². The monoisotopic (exact) mass is 448 g/mol. The van der Waals surface area contributed by atoms with Crippen molar-refractivity contribution in [3.05, 3.63) is 64.5 Å². The average molecular weight is 448 g/mol. The molecule has 0 aliphatic rings. The molecule has 2 aromatic heterocycles. The van der Waals surface area contributed by atoms with Crippen molar-refractivity contribution in [2.75, 3.05) is 0 Å². The van der Waals surface area contributed by atoms with Crippen molar-refractivity contribution in [1.29, 1.82) is 0 Å². The standard InChI is InChI=1S/C21H15F3N2O4S/c1-11-16(31-20(25-11)12-5-7-13(8-6-12)21(22,23)24)10-29-15-4-2-3-14-19(15)30-17(26-14)9-18(27)28/h2-8H,9-10H2,1H3,(H,27,28). The van der Waals surface area contributed by atoms with Crippen LogP contribution in [-0.2, 0) is 24.0 Å². The lowest BCUT2D eigenvalue weighted by Crippen LogP contribution is -2.03. The molecule has 1 N–H and O–H groups in total. The van der Waals surface area contributed by atoms with Gasteiger partial charge in [-0.3, -0.25) is 4.79 Å². The van der Waals surface area contributed by atoms with Crippen LogP contribution in [0.1, 0.15) is 22.0 Å². The van der Waals surface area contributed by atoms with Crippen LogP contribution in [0.15, 0.2) is 46.9 Å². The van der Waals surface area contributed by atoms with Gasteiger partial charge in [0, 0.05) is 5.56 Å². The van der Waals surface area contributed by atoms with Gasteiger partial charge in [0.1, 0.15) is 23.6 Å². The van der Waals surface area contributed by atoms with Gasteiger partial charge in [-0.25, -0.2) is 9.97 Å². The number of nitrogens with zero attached hydrogens (tertiary/aromatic N) is 2. The number of aliphatic carboxylic acids is 1. The van der Waals surface area contributed by atoms with Gasteiger partial charge in [-0.05, 0) is 31.2 Å². The first-order valence-corrected chi connectivity index (χ1v) is 9.89. The molecule has 0 saturated carbocycles. The Morgan fingerprint density at radius 1 is 1.16 bits per heavy atom. The Balaban J connectivity index is 1.53. The third-order valence-electron chi connectivity index (χ3n) is 4.44. The summed E-state index contributed by atoms with van der Waals surface area (Å²) >= 11 is 1.32. The number of hydrogen-bond acceptors (Lipinski definition) is 6. The molecule has 0 radical (unpaired) electrons. The van der Waals surface area contributed by atoms with Crippen LogP contribution < -0.4 is 4.74 Å². The number of carboxylic acids is 1. The zero-order chi connectivity index (χ0) is 22.2. The van der Waals surface area contributed by atoms with Gasteiger partial charge in [-0.2, -0.15) is 13.2 Å². The molecule has 0 aliphatic heterocycles. The maximum absolute atomic E-state index is 12.8. The van der Waals surface area contributed by atoms with Crippen molar-refractivity contribution in [2.24, 2.45) is 0 Å². The highest BCUT2D eigenvalue weighted by atomic mass is 32.1. The number of oxazole rings is 1. The molecule has 4 rings (SSSR count). The maximum Gasteiger partial charge on any atom is 0.416 e. The van der Waals surface area contributed by atoms with Crippen molar-refractivity contribution < 1.29 is 32.2 Å². The molecule has 160 valence electrons. The minimum Gasteiger partial charge on any atom is -0.484 e. The lowest BCUT2D eigenvalue weighted by atomic mass is 10.1. The molecule has 0 unspecified atom stereocenters. The molecule has 0 amide bonds. The minimum atomic E-state index is -4.39. The number of alkyl halides is 3. The van der Waals surface area contributed by atoms with Crippen molar-refractivity contribution in [3.63, 3.8) is 0 Å². The van der Waals surface area contributed by atoms with E-state index in [4.69, 9.17) is 14.3 Å². The van der Waals surface area contributed by atoms with Crippen LogP contribution in [0.2, 0.25) is 0 Å². The molecule has 0 bridgehead atoms. The summed E-state index contributed by atoms with van der Waals surface area (Å²) in [4.78, 5) is 20.3. The molecular weight excluding hydrogens is 433 g/mol. The summed E-state index contributed by atoms with van der Waals surface area (Å²) in [6.45, 7) is 1.96. The summed E-state index contributed by atoms with van der Waals surface area (Å²) in [7, 11) is 0. The Bertz CT molecular complexity index is 1250. The first-order chi connectivity index (χ1) is 14.7. The van der Waals surface area contributed by atoms with Crippen molar-refractivity contribution in [3.8, 4) is 16.3 Å². The van der Waals surface area contributed by atoms with Crippen molar-refractivity contribution in [2.45, 2.75) is 26.1 Å². The van der Waals surface area contributed by atoms with Crippen LogP contribution in [0.25, 0.3) is 21.7 Å². The van der Waals surface area contributed by atoms with Gasteiger partial charge in [0.05, 0.1) is 16.1 Å². The largest absolute Gasteiger partial charge is 0.484 e. The van der Waals surface area contributed by atoms with Gasteiger partial charge in [0.15, 0.2) is 11.3 Å². The molecular formula is C21H15F3N2O4S. The summed E-state index contributed by atoms with van der Waals surface area (Å²) in [5.74, 6) is -0.562. The fourth-order valence-corrected chi connectivity index (χ4v) is 3.90. The molecule has 4 aromatic rings. The number of benzene rings is 2. The smallest absolute Gasteiger partial charge is 0.416 e. The molecule has 2 heterocycles. The van der Waals surface area contributed by atoms with E-state index in [1.165, 1.54) is 23.5 Å². The predicted molar refractivity (Wildman–Crippen MR) is 107 cm³/mol. The second kappa shape index (κ2) is 8.03. The molecule has 0 saturated heterocycles. The van der Waals surface area contributed by atoms with Crippen LogP contribution in [0.3, 0.4) is 0 Å². The van der Waals surface area contributed by atoms with E-state index >= 15 is 0 Å². The number of ether oxygens (including phenoxy) is 1. The number of aromatic nitrogens is 2. The zero-order valence-corrected chi connectivity index (χ0v) is 16.9. The number of aryl methyl sites for hydroxylation is 1. The van der Waals surface area contributed by atoms with Crippen LogP contribution in [0, 0.1) is 6.92 Å². The fourth-order valence-electron chi connectivity index (χ4n) is 2.92.